The van der Waals surface area contributed by atoms with Crippen molar-refractivity contribution in [3.63, 3.8) is 0 Å². The Hall–Kier alpha value is -2.49. The molecule has 0 aliphatic heterocycles. The molecule has 0 saturated heterocycles. The van der Waals surface area contributed by atoms with Crippen molar-refractivity contribution in [3.05, 3.63) is 29.1 Å². The maximum atomic E-state index is 11.3. The predicted octanol–water partition coefficient (Wildman–Crippen LogP) is 0.652. The largest absolute Gasteiger partial charge is 0.366 e. The standard InChI is InChI=1S/C11H15N3O2.N2/c1-2-3-4-7-5-6-14-9(11(13)16)8(7)10(12)15;1-2/h5-6H,2-4H2,1H3,(H2,12,15)(H2,13,16);. The summed E-state index contributed by atoms with van der Waals surface area (Å²) in [6.07, 6.45) is 4.07. The fourth-order valence-corrected chi connectivity index (χ4v) is 1.54. The van der Waals surface area contributed by atoms with Gasteiger partial charge in [0.1, 0.15) is 5.69 Å². The molecule has 4 N–H and O–H groups in total. The summed E-state index contributed by atoms with van der Waals surface area (Å²) in [5.41, 5.74) is 11.2. The van der Waals surface area contributed by atoms with Gasteiger partial charge in [0.2, 0.25) is 0 Å². The lowest BCUT2D eigenvalue weighted by Gasteiger charge is -2.08. The number of amides is 2. The average Bonchev–Trinajstić information content (AvgIpc) is 2.37. The van der Waals surface area contributed by atoms with E-state index >= 15 is 0 Å². The molecule has 7 nitrogen and oxygen atoms in total. The highest BCUT2D eigenvalue weighted by molar-refractivity contribution is 6.05. The maximum Gasteiger partial charge on any atom is 0.268 e. The van der Waals surface area contributed by atoms with Gasteiger partial charge in [-0.3, -0.25) is 14.6 Å². The Morgan fingerprint density at radius 2 is 1.89 bits per heavy atom. The van der Waals surface area contributed by atoms with Crippen LogP contribution in [0.2, 0.25) is 0 Å². The van der Waals surface area contributed by atoms with E-state index in [0.717, 1.165) is 18.4 Å². The number of rotatable bonds is 5. The number of hydrogen-bond acceptors (Lipinski definition) is 5. The molecule has 0 spiro atoms. The number of aromatic nitrogens is 1. The Labute approximate surface area is 105 Å². The Morgan fingerprint density at radius 3 is 2.33 bits per heavy atom. The minimum Gasteiger partial charge on any atom is -0.366 e. The average molecular weight is 249 g/mol. The monoisotopic (exact) mass is 249 g/mol. The smallest absolute Gasteiger partial charge is 0.268 e. The van der Waals surface area contributed by atoms with Crippen LogP contribution in [0.3, 0.4) is 0 Å². The number of hydrogen-bond donors (Lipinski definition) is 2. The van der Waals surface area contributed by atoms with Gasteiger partial charge in [-0.1, -0.05) is 13.3 Å². The highest BCUT2D eigenvalue weighted by Crippen LogP contribution is 2.14. The van der Waals surface area contributed by atoms with Gasteiger partial charge in [-0.15, -0.1) is 0 Å². The maximum absolute atomic E-state index is 11.3. The van der Waals surface area contributed by atoms with E-state index in [0.29, 0.717) is 6.42 Å². The molecule has 0 bridgehead atoms. The second kappa shape index (κ2) is 7.73. The van der Waals surface area contributed by atoms with Gasteiger partial charge in [-0.05, 0) is 24.5 Å². The third-order valence-corrected chi connectivity index (χ3v) is 2.32. The number of primary amides is 2. The van der Waals surface area contributed by atoms with Gasteiger partial charge >= 0.3 is 0 Å². The summed E-state index contributed by atoms with van der Waals surface area (Å²) >= 11 is 0. The van der Waals surface area contributed by atoms with Crippen LogP contribution in [0.15, 0.2) is 12.3 Å². The lowest BCUT2D eigenvalue weighted by atomic mass is 10.0. The van der Waals surface area contributed by atoms with Crippen LogP contribution < -0.4 is 11.5 Å². The summed E-state index contributed by atoms with van der Waals surface area (Å²) in [5, 5.41) is 12.0. The van der Waals surface area contributed by atoms with Gasteiger partial charge in [0.05, 0.1) is 5.56 Å². The normalized spacial score (nSPS) is 9.06. The number of nitrogens with zero attached hydrogens (tertiary/aromatic N) is 3. The number of aryl methyl sites for hydroxylation is 1. The van der Waals surface area contributed by atoms with Crippen molar-refractivity contribution in [1.29, 1.82) is 10.8 Å². The molecule has 0 radical (unpaired) electrons. The zero-order chi connectivity index (χ0) is 14.1. The molecular formula is C11H15N5O2. The molecule has 18 heavy (non-hydrogen) atoms. The number of carbonyl (C=O) groups excluding carboxylic acids is 2. The summed E-state index contributed by atoms with van der Waals surface area (Å²) in [6, 6.07) is 1.70. The molecular weight excluding hydrogens is 234 g/mol. The minimum atomic E-state index is -0.729. The van der Waals surface area contributed by atoms with E-state index in [2.05, 4.69) is 4.98 Å². The molecule has 0 aliphatic rings. The summed E-state index contributed by atoms with van der Waals surface area (Å²) in [7, 11) is 0. The van der Waals surface area contributed by atoms with E-state index in [-0.39, 0.29) is 11.3 Å². The molecule has 0 aromatic carbocycles. The molecule has 96 valence electrons. The number of carbonyl (C=O) groups is 2. The van der Waals surface area contributed by atoms with E-state index in [1.165, 1.54) is 6.20 Å². The van der Waals surface area contributed by atoms with Crippen molar-refractivity contribution in [2.75, 3.05) is 0 Å². The van der Waals surface area contributed by atoms with Crippen LogP contribution in [-0.4, -0.2) is 16.8 Å². The Bertz CT molecular complexity index is 456. The van der Waals surface area contributed by atoms with Gasteiger partial charge < -0.3 is 11.5 Å². The molecule has 0 atom stereocenters. The van der Waals surface area contributed by atoms with Crippen LogP contribution in [0.5, 0.6) is 0 Å². The first-order chi connectivity index (χ1) is 8.57. The van der Waals surface area contributed by atoms with Gasteiger partial charge in [-0.25, -0.2) is 0 Å². The first-order valence-corrected chi connectivity index (χ1v) is 5.35. The lowest BCUT2D eigenvalue weighted by molar-refractivity contribution is 0.0962. The molecule has 0 fully saturated rings. The first-order valence-electron chi connectivity index (χ1n) is 5.35. The Balaban J connectivity index is 0.00000137. The Morgan fingerprint density at radius 1 is 1.28 bits per heavy atom. The minimum absolute atomic E-state index is 0.0406. The third kappa shape index (κ3) is 3.83. The van der Waals surface area contributed by atoms with Crippen LogP contribution in [0.4, 0.5) is 0 Å². The van der Waals surface area contributed by atoms with Crippen LogP contribution in [-0.2, 0) is 6.42 Å². The molecule has 1 aromatic rings. The molecule has 7 heteroatoms. The number of pyridine rings is 1. The highest BCUT2D eigenvalue weighted by atomic mass is 16.2. The lowest BCUT2D eigenvalue weighted by Crippen LogP contribution is -2.23. The summed E-state index contributed by atoms with van der Waals surface area (Å²) in [6.45, 7) is 2.04. The van der Waals surface area contributed by atoms with Gasteiger partial charge in [-0.2, -0.15) is 0 Å². The second-order valence-corrected chi connectivity index (χ2v) is 3.53. The highest BCUT2D eigenvalue weighted by Gasteiger charge is 2.18. The van der Waals surface area contributed by atoms with Crippen molar-refractivity contribution in [1.82, 2.24) is 4.98 Å². The van der Waals surface area contributed by atoms with Crippen LogP contribution in [0.25, 0.3) is 0 Å². The molecule has 1 aromatic heterocycles. The van der Waals surface area contributed by atoms with Gasteiger partial charge in [0, 0.05) is 17.0 Å². The van der Waals surface area contributed by atoms with E-state index in [9.17, 15) is 9.59 Å². The molecule has 0 unspecified atom stereocenters. The first kappa shape index (κ1) is 15.5. The second-order valence-electron chi connectivity index (χ2n) is 3.53. The molecule has 1 heterocycles. The summed E-state index contributed by atoms with van der Waals surface area (Å²) in [5.74, 6) is -1.39. The van der Waals surface area contributed by atoms with Gasteiger partial charge in [0.25, 0.3) is 11.8 Å². The van der Waals surface area contributed by atoms with Crippen LogP contribution in [0, 0.1) is 10.8 Å². The zero-order valence-corrected chi connectivity index (χ0v) is 10.1. The Kier molecular flexibility index (Phi) is 6.66. The zero-order valence-electron chi connectivity index (χ0n) is 10.1. The fraction of sp³-hybridized carbons (Fsp3) is 0.364. The number of unbranched alkanes of at least 4 members (excludes halogenated alkanes) is 1. The van der Waals surface area contributed by atoms with E-state index in [1.807, 2.05) is 6.92 Å². The van der Waals surface area contributed by atoms with Crippen molar-refractivity contribution in [3.8, 4) is 0 Å². The van der Waals surface area contributed by atoms with E-state index in [1.54, 1.807) is 6.07 Å². The quantitative estimate of drug-likeness (QED) is 0.735. The van der Waals surface area contributed by atoms with Crippen LogP contribution >= 0.6 is 0 Å². The SMILES string of the molecule is CCCCc1ccnc(C(N)=O)c1C(N)=O.N#N. The van der Waals surface area contributed by atoms with E-state index in [4.69, 9.17) is 22.3 Å². The topological polar surface area (TPSA) is 147 Å². The fourth-order valence-electron chi connectivity index (χ4n) is 1.54. The molecule has 0 aliphatic carbocycles. The third-order valence-electron chi connectivity index (χ3n) is 2.32. The summed E-state index contributed by atoms with van der Waals surface area (Å²) < 4.78 is 0. The number of nitrogens with two attached hydrogens (primary N) is 2. The van der Waals surface area contributed by atoms with E-state index < -0.39 is 11.8 Å². The van der Waals surface area contributed by atoms with Crippen molar-refractivity contribution >= 4 is 11.8 Å². The van der Waals surface area contributed by atoms with Crippen molar-refractivity contribution in [2.24, 2.45) is 11.5 Å². The van der Waals surface area contributed by atoms with Crippen LogP contribution in [0.1, 0.15) is 46.2 Å². The van der Waals surface area contributed by atoms with Gasteiger partial charge in [0.15, 0.2) is 0 Å². The predicted molar refractivity (Wildman–Crippen MR) is 63.3 cm³/mol. The molecule has 1 rings (SSSR count). The molecule has 2 amide bonds. The molecule has 0 saturated carbocycles. The van der Waals surface area contributed by atoms with Crippen molar-refractivity contribution < 1.29 is 9.59 Å². The summed E-state index contributed by atoms with van der Waals surface area (Å²) in [4.78, 5) is 26.2. The van der Waals surface area contributed by atoms with Crippen molar-refractivity contribution in [2.45, 2.75) is 26.2 Å².